The summed E-state index contributed by atoms with van der Waals surface area (Å²) in [6, 6.07) is 2.24. The van der Waals surface area contributed by atoms with Crippen LogP contribution in [-0.2, 0) is 10.0 Å². The molecule has 0 aliphatic heterocycles. The Bertz CT molecular complexity index is 507. The van der Waals surface area contributed by atoms with E-state index in [2.05, 4.69) is 9.71 Å². The summed E-state index contributed by atoms with van der Waals surface area (Å²) in [5.74, 6) is 0. The van der Waals surface area contributed by atoms with Gasteiger partial charge < -0.3 is 0 Å². The molecule has 0 aromatic carbocycles. The first kappa shape index (κ1) is 11.0. The number of nitro groups is 1. The van der Waals surface area contributed by atoms with Gasteiger partial charge in [0, 0.05) is 12.1 Å². The third kappa shape index (κ3) is 2.34. The highest BCUT2D eigenvalue weighted by Crippen LogP contribution is 2.22. The Morgan fingerprint density at radius 1 is 1.44 bits per heavy atom. The van der Waals surface area contributed by atoms with Crippen molar-refractivity contribution < 1.29 is 13.3 Å². The number of hydrogen-bond donors (Lipinski definition) is 1. The van der Waals surface area contributed by atoms with Gasteiger partial charge in [0.1, 0.15) is 6.20 Å². The smallest absolute Gasteiger partial charge is 0.258 e. The molecule has 0 atom stereocenters. The fourth-order valence-corrected chi connectivity index (χ4v) is 2.35. The second kappa shape index (κ2) is 3.80. The van der Waals surface area contributed by atoms with Gasteiger partial charge in [-0.05, 0) is 18.9 Å². The molecular formula is C8H9N3O4S. The van der Waals surface area contributed by atoms with Crippen LogP contribution in [0, 0.1) is 10.1 Å². The molecular weight excluding hydrogens is 234 g/mol. The number of nitrogens with one attached hydrogen (secondary N) is 1. The molecule has 16 heavy (non-hydrogen) atoms. The van der Waals surface area contributed by atoms with Crippen LogP contribution in [0.25, 0.3) is 0 Å². The van der Waals surface area contributed by atoms with Crippen LogP contribution in [0.5, 0.6) is 0 Å². The van der Waals surface area contributed by atoms with Crippen molar-refractivity contribution >= 4 is 15.7 Å². The predicted octanol–water partition coefficient (Wildman–Crippen LogP) is 0.431. The maximum absolute atomic E-state index is 11.6. The highest BCUT2D eigenvalue weighted by Gasteiger charge is 2.28. The molecule has 0 saturated heterocycles. The van der Waals surface area contributed by atoms with Crippen molar-refractivity contribution in [3.05, 3.63) is 28.4 Å². The Kier molecular flexibility index (Phi) is 2.60. The molecule has 86 valence electrons. The van der Waals surface area contributed by atoms with Crippen LogP contribution in [0.1, 0.15) is 12.8 Å². The van der Waals surface area contributed by atoms with E-state index >= 15 is 0 Å². The topological polar surface area (TPSA) is 102 Å². The molecule has 0 radical (unpaired) electrons. The van der Waals surface area contributed by atoms with E-state index in [0.29, 0.717) is 0 Å². The number of nitrogens with zero attached hydrogens (tertiary/aromatic N) is 2. The van der Waals surface area contributed by atoms with E-state index in [1.165, 1.54) is 0 Å². The number of aromatic nitrogens is 1. The molecule has 0 unspecified atom stereocenters. The Morgan fingerprint density at radius 2 is 2.12 bits per heavy atom. The highest BCUT2D eigenvalue weighted by atomic mass is 32.2. The molecule has 1 N–H and O–H groups in total. The molecule has 1 aromatic heterocycles. The Morgan fingerprint density at radius 3 is 2.56 bits per heavy atom. The molecule has 0 amide bonds. The molecule has 1 saturated carbocycles. The SMILES string of the molecule is O=[N+]([O-])c1ccc(S(=O)(=O)NC2CC2)nc1. The summed E-state index contributed by atoms with van der Waals surface area (Å²) in [4.78, 5) is 13.3. The molecule has 0 spiro atoms. The van der Waals surface area contributed by atoms with Crippen LogP contribution < -0.4 is 4.72 Å². The summed E-state index contributed by atoms with van der Waals surface area (Å²) < 4.78 is 25.7. The lowest BCUT2D eigenvalue weighted by molar-refractivity contribution is -0.385. The highest BCUT2D eigenvalue weighted by molar-refractivity contribution is 7.89. The van der Waals surface area contributed by atoms with Crippen molar-refractivity contribution in [2.24, 2.45) is 0 Å². The standard InChI is InChI=1S/C8H9N3O4S/c12-11(13)7-3-4-8(9-5-7)16(14,15)10-6-1-2-6/h3-6,10H,1-2H2. The lowest BCUT2D eigenvalue weighted by Gasteiger charge is -2.03. The van der Waals surface area contributed by atoms with Gasteiger partial charge in [-0.2, -0.15) is 0 Å². The summed E-state index contributed by atoms with van der Waals surface area (Å²) in [6.45, 7) is 0. The van der Waals surface area contributed by atoms with Gasteiger partial charge in [-0.1, -0.05) is 0 Å². The Balaban J connectivity index is 2.23. The van der Waals surface area contributed by atoms with Gasteiger partial charge in [0.2, 0.25) is 0 Å². The zero-order valence-corrected chi connectivity index (χ0v) is 8.98. The van der Waals surface area contributed by atoms with Crippen LogP contribution >= 0.6 is 0 Å². The van der Waals surface area contributed by atoms with Gasteiger partial charge >= 0.3 is 0 Å². The Hall–Kier alpha value is -1.54. The van der Waals surface area contributed by atoms with Crippen molar-refractivity contribution in [3.8, 4) is 0 Å². The third-order valence-electron chi connectivity index (χ3n) is 2.11. The molecule has 7 nitrogen and oxygen atoms in total. The number of pyridine rings is 1. The second-order valence-corrected chi connectivity index (χ2v) is 5.17. The first-order valence-electron chi connectivity index (χ1n) is 4.62. The largest absolute Gasteiger partial charge is 0.287 e. The normalized spacial score (nSPS) is 16.0. The summed E-state index contributed by atoms with van der Waals surface area (Å²) >= 11 is 0. The van der Waals surface area contributed by atoms with Gasteiger partial charge in [0.05, 0.1) is 4.92 Å². The molecule has 1 fully saturated rings. The molecule has 1 aliphatic carbocycles. The molecule has 1 aliphatic rings. The fraction of sp³-hybridized carbons (Fsp3) is 0.375. The lowest BCUT2D eigenvalue weighted by atomic mass is 10.4. The number of rotatable bonds is 4. The maximum Gasteiger partial charge on any atom is 0.287 e. The summed E-state index contributed by atoms with van der Waals surface area (Å²) in [6.07, 6.45) is 2.58. The zero-order valence-electron chi connectivity index (χ0n) is 8.16. The first-order chi connectivity index (χ1) is 7.49. The van der Waals surface area contributed by atoms with Crippen LogP contribution in [-0.4, -0.2) is 24.4 Å². The monoisotopic (exact) mass is 243 g/mol. The zero-order chi connectivity index (χ0) is 11.8. The van der Waals surface area contributed by atoms with E-state index in [1.54, 1.807) is 0 Å². The van der Waals surface area contributed by atoms with E-state index in [-0.39, 0.29) is 16.8 Å². The van der Waals surface area contributed by atoms with Gasteiger partial charge in [-0.25, -0.2) is 18.1 Å². The maximum atomic E-state index is 11.6. The van der Waals surface area contributed by atoms with Gasteiger partial charge in [-0.15, -0.1) is 0 Å². The predicted molar refractivity (Wildman–Crippen MR) is 54.2 cm³/mol. The van der Waals surface area contributed by atoms with Crippen LogP contribution in [0.3, 0.4) is 0 Å². The second-order valence-electron chi connectivity index (χ2n) is 3.51. The number of hydrogen-bond acceptors (Lipinski definition) is 5. The van der Waals surface area contributed by atoms with E-state index in [4.69, 9.17) is 0 Å². The molecule has 0 bridgehead atoms. The molecule has 8 heteroatoms. The van der Waals surface area contributed by atoms with Crippen molar-refractivity contribution in [1.29, 1.82) is 0 Å². The lowest BCUT2D eigenvalue weighted by Crippen LogP contribution is -2.26. The minimum absolute atomic E-state index is 0.0120. The quantitative estimate of drug-likeness (QED) is 0.610. The van der Waals surface area contributed by atoms with Crippen molar-refractivity contribution in [3.63, 3.8) is 0 Å². The molecule has 2 rings (SSSR count). The molecule has 1 heterocycles. The van der Waals surface area contributed by atoms with Crippen molar-refractivity contribution in [2.45, 2.75) is 23.9 Å². The van der Waals surface area contributed by atoms with Crippen LogP contribution in [0.2, 0.25) is 0 Å². The van der Waals surface area contributed by atoms with E-state index in [9.17, 15) is 18.5 Å². The summed E-state index contributed by atoms with van der Waals surface area (Å²) in [5.41, 5.74) is -0.231. The van der Waals surface area contributed by atoms with Crippen LogP contribution in [0.4, 0.5) is 5.69 Å². The van der Waals surface area contributed by atoms with Crippen molar-refractivity contribution in [2.75, 3.05) is 0 Å². The van der Waals surface area contributed by atoms with Gasteiger partial charge in [0.25, 0.3) is 15.7 Å². The number of sulfonamides is 1. The van der Waals surface area contributed by atoms with Gasteiger partial charge in [-0.3, -0.25) is 10.1 Å². The summed E-state index contributed by atoms with van der Waals surface area (Å²) in [7, 11) is -3.62. The minimum Gasteiger partial charge on any atom is -0.258 e. The third-order valence-corrected chi connectivity index (χ3v) is 3.54. The average Bonchev–Trinajstić information content (AvgIpc) is 3.01. The average molecular weight is 243 g/mol. The first-order valence-corrected chi connectivity index (χ1v) is 6.10. The van der Waals surface area contributed by atoms with E-state index < -0.39 is 14.9 Å². The van der Waals surface area contributed by atoms with Crippen molar-refractivity contribution in [1.82, 2.24) is 9.71 Å². The van der Waals surface area contributed by atoms with Gasteiger partial charge in [0.15, 0.2) is 5.03 Å². The van der Waals surface area contributed by atoms with E-state index in [1.807, 2.05) is 0 Å². The minimum atomic E-state index is -3.62. The van der Waals surface area contributed by atoms with E-state index in [0.717, 1.165) is 31.2 Å². The van der Waals surface area contributed by atoms with Crippen LogP contribution in [0.15, 0.2) is 23.4 Å². The summed E-state index contributed by atoms with van der Waals surface area (Å²) in [5, 5.41) is 10.2. The fourth-order valence-electron chi connectivity index (χ4n) is 1.12. The molecule has 1 aromatic rings. The Labute approximate surface area is 91.7 Å².